The fraction of sp³-hybridized carbons (Fsp3) is 1.00. The summed E-state index contributed by atoms with van der Waals surface area (Å²) in [5, 5.41) is 0. The largest absolute Gasteiger partial charge is 0.497 e. The Balaban J connectivity index is 4.68. The van der Waals surface area contributed by atoms with Crippen LogP contribution in [0.5, 0.6) is 0 Å². The quantitative estimate of drug-likeness (QED) is 0.577. The van der Waals surface area contributed by atoms with Crippen LogP contribution in [-0.2, 0) is 34.7 Å². The lowest BCUT2D eigenvalue weighted by molar-refractivity contribution is -0.0449. The molecule has 0 N–H and O–H groups in total. The molecule has 0 fully saturated rings. The van der Waals surface area contributed by atoms with E-state index < -0.39 is 40.1 Å². The Labute approximate surface area is 99.0 Å². The third-order valence-electron chi connectivity index (χ3n) is 0.691. The molecule has 0 aliphatic rings. The molecular weight excluding hydrogens is 349 g/mol. The molecule has 0 aromatic carbocycles. The van der Waals surface area contributed by atoms with E-state index in [4.69, 9.17) is 0 Å². The molecule has 0 spiro atoms. The summed E-state index contributed by atoms with van der Waals surface area (Å²) in [6.07, 6.45) is 0. The van der Waals surface area contributed by atoms with Crippen molar-refractivity contribution in [1.29, 1.82) is 0 Å². The molecule has 104 valence electrons. The van der Waals surface area contributed by atoms with Crippen LogP contribution in [-0.4, -0.2) is 19.4 Å². The molecular formula is C2ClF6O5PS2. The van der Waals surface area contributed by atoms with Crippen molar-refractivity contribution in [2.75, 3.05) is 0 Å². The van der Waals surface area contributed by atoms with Crippen molar-refractivity contribution in [3.05, 3.63) is 0 Å². The van der Waals surface area contributed by atoms with Crippen molar-refractivity contribution in [3.8, 4) is 0 Å². The summed E-state index contributed by atoms with van der Waals surface area (Å²) in [6.45, 7) is -5.57. The summed E-state index contributed by atoms with van der Waals surface area (Å²) in [7, 11) is 0. The standard InChI is InChI=1S/C2ClF6O5PS2/c3-15(10,13-16(11)1(4,5)6)14-17(12)2(7,8)9. The van der Waals surface area contributed by atoms with Gasteiger partial charge in [0.1, 0.15) is 0 Å². The maximum absolute atomic E-state index is 11.6. The molecule has 0 amide bonds. The van der Waals surface area contributed by atoms with Crippen LogP contribution < -0.4 is 0 Å². The fourth-order valence-corrected chi connectivity index (χ4v) is 3.47. The molecule has 0 aromatic rings. The minimum atomic E-state index is -5.57. The van der Waals surface area contributed by atoms with E-state index in [1.54, 1.807) is 0 Å². The molecule has 0 aliphatic heterocycles. The van der Waals surface area contributed by atoms with Gasteiger partial charge in [0.2, 0.25) is 0 Å². The molecule has 0 aromatic heterocycles. The zero-order valence-electron chi connectivity index (χ0n) is 6.95. The normalized spacial score (nSPS) is 20.6. The Kier molecular flexibility index (Phi) is 5.63. The van der Waals surface area contributed by atoms with Crippen LogP contribution in [0.3, 0.4) is 0 Å². The number of alkyl halides is 6. The molecule has 0 rings (SSSR count). The van der Waals surface area contributed by atoms with Gasteiger partial charge in [-0.3, -0.25) is 0 Å². The van der Waals surface area contributed by atoms with E-state index in [1.165, 1.54) is 0 Å². The molecule has 5 nitrogen and oxygen atoms in total. The number of hydrogen-bond acceptors (Lipinski definition) is 5. The van der Waals surface area contributed by atoms with Gasteiger partial charge in [0.25, 0.3) is 22.2 Å². The average Bonchev–Trinajstić information content (AvgIpc) is 1.97. The highest BCUT2D eigenvalue weighted by Gasteiger charge is 2.48. The van der Waals surface area contributed by atoms with Crippen molar-refractivity contribution < 1.29 is 47.3 Å². The van der Waals surface area contributed by atoms with Gasteiger partial charge in [0.15, 0.2) is 0 Å². The van der Waals surface area contributed by atoms with Crippen LogP contribution in [0.25, 0.3) is 0 Å². The van der Waals surface area contributed by atoms with Gasteiger partial charge in [-0.2, -0.15) is 34.3 Å². The molecule has 0 radical (unpaired) electrons. The maximum Gasteiger partial charge on any atom is 0.497 e. The minimum Gasteiger partial charge on any atom is -0.239 e. The first-order valence-corrected chi connectivity index (χ1v) is 7.52. The van der Waals surface area contributed by atoms with E-state index in [-0.39, 0.29) is 0 Å². The summed E-state index contributed by atoms with van der Waals surface area (Å²) >= 11 is -4.08. The lowest BCUT2D eigenvalue weighted by atomic mass is 11.6. The van der Waals surface area contributed by atoms with Crippen LogP contribution in [0.1, 0.15) is 0 Å². The van der Waals surface area contributed by atoms with Gasteiger partial charge in [-0.1, -0.05) is 0 Å². The first-order valence-electron chi connectivity index (χ1n) is 2.93. The monoisotopic (exact) mass is 348 g/mol. The van der Waals surface area contributed by atoms with E-state index >= 15 is 0 Å². The molecule has 17 heavy (non-hydrogen) atoms. The van der Waals surface area contributed by atoms with E-state index in [2.05, 4.69) is 19.2 Å². The number of rotatable bonds is 4. The summed E-state index contributed by atoms with van der Waals surface area (Å²) in [4.78, 5) is 0. The van der Waals surface area contributed by atoms with Gasteiger partial charge < -0.3 is 0 Å². The van der Waals surface area contributed by atoms with Gasteiger partial charge in [0, 0.05) is 11.2 Å². The Hall–Kier alpha value is 0.320. The molecule has 2 unspecified atom stereocenters. The van der Waals surface area contributed by atoms with Gasteiger partial charge >= 0.3 is 18.0 Å². The predicted octanol–water partition coefficient (Wildman–Crippen LogP) is 2.73. The van der Waals surface area contributed by atoms with Gasteiger partial charge in [-0.05, 0) is 0 Å². The molecule has 2 atom stereocenters. The van der Waals surface area contributed by atoms with Crippen LogP contribution in [0.15, 0.2) is 0 Å². The highest BCUT2D eigenvalue weighted by molar-refractivity contribution is 7.98. The van der Waals surface area contributed by atoms with Gasteiger partial charge in [0.05, 0.1) is 0 Å². The van der Waals surface area contributed by atoms with Gasteiger partial charge in [-0.15, -0.1) is 0 Å². The molecule has 0 aliphatic carbocycles. The van der Waals surface area contributed by atoms with E-state index in [0.29, 0.717) is 0 Å². The van der Waals surface area contributed by atoms with Crippen molar-refractivity contribution in [2.45, 2.75) is 11.0 Å². The zero-order chi connectivity index (χ0) is 14.1. The third-order valence-corrected chi connectivity index (χ3v) is 4.97. The maximum atomic E-state index is 11.6. The predicted molar refractivity (Wildman–Crippen MR) is 44.0 cm³/mol. The first kappa shape index (κ1) is 17.3. The second kappa shape index (κ2) is 5.53. The Morgan fingerprint density at radius 2 is 1.12 bits per heavy atom. The molecule has 0 bridgehead atoms. The molecule has 0 saturated heterocycles. The topological polar surface area (TPSA) is 69.7 Å². The van der Waals surface area contributed by atoms with Gasteiger partial charge in [-0.25, -0.2) is 13.0 Å². The summed E-state index contributed by atoms with van der Waals surface area (Å²) in [6, 6.07) is 0. The van der Waals surface area contributed by atoms with Crippen molar-refractivity contribution >= 4 is 40.4 Å². The van der Waals surface area contributed by atoms with Crippen molar-refractivity contribution in [2.24, 2.45) is 0 Å². The smallest absolute Gasteiger partial charge is 0.239 e. The first-order chi connectivity index (χ1) is 7.26. The molecule has 0 heterocycles. The average molecular weight is 349 g/mol. The Morgan fingerprint density at radius 3 is 1.29 bits per heavy atom. The molecule has 15 heteroatoms. The van der Waals surface area contributed by atoms with E-state index in [0.717, 1.165) is 0 Å². The lowest BCUT2D eigenvalue weighted by Gasteiger charge is -2.11. The minimum absolute atomic E-state index is 3.02. The van der Waals surface area contributed by atoms with E-state index in [9.17, 15) is 39.3 Å². The fourth-order valence-electron chi connectivity index (χ4n) is 0.259. The summed E-state index contributed by atoms with van der Waals surface area (Å²) < 4.78 is 107. The highest BCUT2D eigenvalue weighted by Crippen LogP contribution is 2.57. The Bertz CT molecular complexity index is 346. The second-order valence-electron chi connectivity index (χ2n) is 1.94. The van der Waals surface area contributed by atoms with E-state index in [1.807, 2.05) is 0 Å². The van der Waals surface area contributed by atoms with Crippen molar-refractivity contribution in [1.82, 2.24) is 0 Å². The second-order valence-corrected chi connectivity index (χ2v) is 7.10. The van der Waals surface area contributed by atoms with Crippen LogP contribution in [0.2, 0.25) is 0 Å². The van der Waals surface area contributed by atoms with Crippen LogP contribution in [0, 0.1) is 0 Å². The molecule has 0 saturated carbocycles. The van der Waals surface area contributed by atoms with Crippen LogP contribution in [0.4, 0.5) is 26.3 Å². The summed E-state index contributed by atoms with van der Waals surface area (Å²) in [5.74, 6) is 0. The van der Waals surface area contributed by atoms with Crippen molar-refractivity contribution in [3.63, 3.8) is 0 Å². The summed E-state index contributed by atoms with van der Waals surface area (Å²) in [5.41, 5.74) is -11.1. The number of hydrogen-bond donors (Lipinski definition) is 0. The van der Waals surface area contributed by atoms with Crippen LogP contribution >= 0.6 is 18.2 Å². The number of halogens is 7. The Morgan fingerprint density at radius 1 is 0.882 bits per heavy atom. The third kappa shape index (κ3) is 6.72. The zero-order valence-corrected chi connectivity index (χ0v) is 10.2. The highest BCUT2D eigenvalue weighted by atomic mass is 35.7. The SMILES string of the molecule is O=S(OP(=O)(Cl)OS(=O)C(F)(F)F)C(F)(F)F. The lowest BCUT2D eigenvalue weighted by Crippen LogP contribution is -2.20.